The SMILES string of the molecule is Cn1ncnc1COc1nn2c(-c3ccccc3F)nnc2cc1C1(C)CCC1. The lowest BCUT2D eigenvalue weighted by Crippen LogP contribution is -2.31. The Kier molecular flexibility index (Phi) is 4.04. The number of hydrogen-bond donors (Lipinski definition) is 0. The van der Waals surface area contributed by atoms with Crippen LogP contribution in [0.4, 0.5) is 4.39 Å². The third-order valence-corrected chi connectivity index (χ3v) is 5.72. The molecule has 0 radical (unpaired) electrons. The van der Waals surface area contributed by atoms with Gasteiger partial charge in [-0.2, -0.15) is 9.61 Å². The molecule has 5 rings (SSSR count). The summed E-state index contributed by atoms with van der Waals surface area (Å²) in [7, 11) is 1.81. The van der Waals surface area contributed by atoms with Gasteiger partial charge in [-0.25, -0.2) is 9.37 Å². The molecule has 3 aromatic heterocycles. The Balaban J connectivity index is 1.62. The van der Waals surface area contributed by atoms with E-state index >= 15 is 0 Å². The second kappa shape index (κ2) is 6.61. The molecule has 1 fully saturated rings. The maximum atomic E-state index is 14.3. The predicted molar refractivity (Wildman–Crippen MR) is 103 cm³/mol. The molecule has 148 valence electrons. The molecule has 8 nitrogen and oxygen atoms in total. The first kappa shape index (κ1) is 17.7. The molecular weight excluding hydrogens is 373 g/mol. The van der Waals surface area contributed by atoms with E-state index in [2.05, 4.69) is 32.3 Å². The van der Waals surface area contributed by atoms with Crippen LogP contribution in [0, 0.1) is 5.82 Å². The molecule has 4 aromatic rings. The normalized spacial score (nSPS) is 15.4. The van der Waals surface area contributed by atoms with Gasteiger partial charge in [0.25, 0.3) is 0 Å². The third-order valence-electron chi connectivity index (χ3n) is 5.72. The summed E-state index contributed by atoms with van der Waals surface area (Å²) in [6, 6.07) is 8.41. The zero-order valence-corrected chi connectivity index (χ0v) is 16.2. The molecule has 0 atom stereocenters. The first-order chi connectivity index (χ1) is 14.0. The van der Waals surface area contributed by atoms with Gasteiger partial charge in [-0.15, -0.1) is 15.3 Å². The second-order valence-electron chi connectivity index (χ2n) is 7.64. The van der Waals surface area contributed by atoms with Gasteiger partial charge in [0.05, 0.1) is 5.56 Å². The molecule has 1 saturated carbocycles. The number of ether oxygens (including phenoxy) is 1. The Morgan fingerprint density at radius 1 is 1.21 bits per heavy atom. The number of aryl methyl sites for hydroxylation is 1. The molecule has 1 aliphatic carbocycles. The summed E-state index contributed by atoms with van der Waals surface area (Å²) in [5.74, 6) is 1.14. The predicted octanol–water partition coefficient (Wildman–Crippen LogP) is 3.08. The quantitative estimate of drug-likeness (QED) is 0.518. The van der Waals surface area contributed by atoms with Crippen LogP contribution in [0.3, 0.4) is 0 Å². The highest BCUT2D eigenvalue weighted by Gasteiger charge is 2.37. The third kappa shape index (κ3) is 2.93. The average Bonchev–Trinajstić information content (AvgIpc) is 3.29. The zero-order chi connectivity index (χ0) is 20.0. The van der Waals surface area contributed by atoms with E-state index in [4.69, 9.17) is 4.74 Å². The fourth-order valence-corrected chi connectivity index (χ4v) is 3.73. The second-order valence-corrected chi connectivity index (χ2v) is 7.64. The molecule has 9 heteroatoms. The lowest BCUT2D eigenvalue weighted by Gasteiger charge is -2.39. The highest BCUT2D eigenvalue weighted by atomic mass is 19.1. The minimum Gasteiger partial charge on any atom is -0.468 e. The average molecular weight is 393 g/mol. The Morgan fingerprint density at radius 3 is 2.72 bits per heavy atom. The van der Waals surface area contributed by atoms with Crippen LogP contribution in [-0.4, -0.2) is 34.6 Å². The van der Waals surface area contributed by atoms with Crippen LogP contribution in [0.25, 0.3) is 17.0 Å². The van der Waals surface area contributed by atoms with E-state index in [1.807, 2.05) is 13.1 Å². The van der Waals surface area contributed by atoms with Crippen molar-refractivity contribution in [2.45, 2.75) is 38.2 Å². The van der Waals surface area contributed by atoms with Gasteiger partial charge < -0.3 is 4.74 Å². The maximum absolute atomic E-state index is 14.3. The lowest BCUT2D eigenvalue weighted by molar-refractivity contribution is 0.231. The number of halogens is 1. The molecule has 0 bridgehead atoms. The summed E-state index contributed by atoms with van der Waals surface area (Å²) in [5, 5.41) is 17.2. The van der Waals surface area contributed by atoms with Crippen molar-refractivity contribution in [1.82, 2.24) is 34.6 Å². The van der Waals surface area contributed by atoms with Crippen molar-refractivity contribution < 1.29 is 9.13 Å². The highest BCUT2D eigenvalue weighted by molar-refractivity contribution is 5.60. The number of rotatable bonds is 5. The van der Waals surface area contributed by atoms with Crippen molar-refractivity contribution >= 4 is 5.65 Å². The van der Waals surface area contributed by atoms with E-state index < -0.39 is 0 Å². The molecule has 0 saturated heterocycles. The molecule has 1 aliphatic rings. The van der Waals surface area contributed by atoms with Gasteiger partial charge in [0.15, 0.2) is 17.3 Å². The molecule has 1 aromatic carbocycles. The van der Waals surface area contributed by atoms with Crippen LogP contribution in [0.5, 0.6) is 5.88 Å². The maximum Gasteiger partial charge on any atom is 0.236 e. The van der Waals surface area contributed by atoms with Gasteiger partial charge >= 0.3 is 0 Å². The first-order valence-corrected chi connectivity index (χ1v) is 9.53. The van der Waals surface area contributed by atoms with Crippen LogP contribution < -0.4 is 4.74 Å². The van der Waals surface area contributed by atoms with Gasteiger partial charge in [0.2, 0.25) is 5.88 Å². The van der Waals surface area contributed by atoms with Crippen LogP contribution >= 0.6 is 0 Å². The van der Waals surface area contributed by atoms with E-state index in [-0.39, 0.29) is 17.8 Å². The summed E-state index contributed by atoms with van der Waals surface area (Å²) in [5.41, 5.74) is 1.88. The van der Waals surface area contributed by atoms with Crippen molar-refractivity contribution in [2.75, 3.05) is 0 Å². The van der Waals surface area contributed by atoms with Crippen molar-refractivity contribution in [3.8, 4) is 17.3 Å². The minimum atomic E-state index is -0.375. The minimum absolute atomic E-state index is 0.0198. The highest BCUT2D eigenvalue weighted by Crippen LogP contribution is 2.46. The summed E-state index contributed by atoms with van der Waals surface area (Å²) in [6.45, 7) is 2.43. The summed E-state index contributed by atoms with van der Waals surface area (Å²) >= 11 is 0. The van der Waals surface area contributed by atoms with Crippen molar-refractivity contribution in [3.05, 3.63) is 53.9 Å². The first-order valence-electron chi connectivity index (χ1n) is 9.53. The van der Waals surface area contributed by atoms with Crippen molar-refractivity contribution in [1.29, 1.82) is 0 Å². The lowest BCUT2D eigenvalue weighted by atomic mass is 9.66. The topological polar surface area (TPSA) is 83.0 Å². The fraction of sp³-hybridized carbons (Fsp3) is 0.350. The standard InChI is InChI=1S/C20H20FN7O/c1-20(8-5-9-20)14-10-16-24-25-18(13-6-3-4-7-15(13)21)28(16)26-19(14)29-11-17-22-12-23-27(17)2/h3-4,6-7,10,12H,5,8-9,11H2,1-2H3. The number of hydrogen-bond acceptors (Lipinski definition) is 6. The number of aromatic nitrogens is 7. The van der Waals surface area contributed by atoms with E-state index in [0.717, 1.165) is 24.8 Å². The summed E-state index contributed by atoms with van der Waals surface area (Å²) in [6.07, 6.45) is 4.76. The molecule has 29 heavy (non-hydrogen) atoms. The Bertz CT molecular complexity index is 1190. The molecule has 0 amide bonds. The van der Waals surface area contributed by atoms with E-state index in [1.165, 1.54) is 16.9 Å². The van der Waals surface area contributed by atoms with Crippen LogP contribution in [0.2, 0.25) is 0 Å². The van der Waals surface area contributed by atoms with Gasteiger partial charge in [-0.3, -0.25) is 4.68 Å². The Hall–Kier alpha value is -3.36. The molecule has 0 spiro atoms. The number of fused-ring (bicyclic) bond motifs is 1. The largest absolute Gasteiger partial charge is 0.468 e. The van der Waals surface area contributed by atoms with Gasteiger partial charge in [-0.05, 0) is 36.5 Å². The van der Waals surface area contributed by atoms with Gasteiger partial charge in [-0.1, -0.05) is 25.5 Å². The molecule has 0 N–H and O–H groups in total. The number of benzene rings is 1. The van der Waals surface area contributed by atoms with E-state index in [1.54, 1.807) is 22.9 Å². The fourth-order valence-electron chi connectivity index (χ4n) is 3.73. The van der Waals surface area contributed by atoms with Crippen LogP contribution in [0.1, 0.15) is 37.6 Å². The Labute approximate surface area is 166 Å². The monoisotopic (exact) mass is 393 g/mol. The number of nitrogens with zero attached hydrogens (tertiary/aromatic N) is 7. The molecule has 0 aliphatic heterocycles. The van der Waals surface area contributed by atoms with Crippen molar-refractivity contribution in [2.24, 2.45) is 7.05 Å². The van der Waals surface area contributed by atoms with Gasteiger partial charge in [0, 0.05) is 12.6 Å². The molecule has 0 unspecified atom stereocenters. The zero-order valence-electron chi connectivity index (χ0n) is 16.2. The molecule has 3 heterocycles. The van der Waals surface area contributed by atoms with Crippen LogP contribution in [0.15, 0.2) is 36.7 Å². The Morgan fingerprint density at radius 2 is 2.03 bits per heavy atom. The van der Waals surface area contributed by atoms with Crippen LogP contribution in [-0.2, 0) is 19.1 Å². The summed E-state index contributed by atoms with van der Waals surface area (Å²) in [4.78, 5) is 4.20. The van der Waals surface area contributed by atoms with E-state index in [9.17, 15) is 4.39 Å². The smallest absolute Gasteiger partial charge is 0.236 e. The van der Waals surface area contributed by atoms with Crippen molar-refractivity contribution in [3.63, 3.8) is 0 Å². The molecular formula is C20H20FN7O. The van der Waals surface area contributed by atoms with Gasteiger partial charge in [0.1, 0.15) is 18.8 Å². The summed E-state index contributed by atoms with van der Waals surface area (Å²) < 4.78 is 23.6. The van der Waals surface area contributed by atoms with E-state index in [0.29, 0.717) is 28.7 Å².